The van der Waals surface area contributed by atoms with Gasteiger partial charge >= 0.3 is 0 Å². The standard InChI is InChI=1S/C29H28N4O3S/c1-4-20-10-12-21(13-11-20)33-28(35)26-19(3)31-29(23(16-30)27(26)24-9-6-14-36-24)37-17-25(34)32-22-8-5-7-18(2)15-22/h5-15,27,31H,4,17H2,1-3H3,(H,32,34)(H,33,35)/t27-/m0/s1. The largest absolute Gasteiger partial charge is 0.468 e. The van der Waals surface area contributed by atoms with E-state index in [1.54, 1.807) is 19.1 Å². The molecule has 2 heterocycles. The quantitative estimate of drug-likeness (QED) is 0.349. The van der Waals surface area contributed by atoms with Gasteiger partial charge in [0.2, 0.25) is 5.91 Å². The van der Waals surface area contributed by atoms with E-state index in [1.165, 1.54) is 23.6 Å². The summed E-state index contributed by atoms with van der Waals surface area (Å²) in [5.41, 5.74) is 4.89. The normalized spacial score (nSPS) is 15.1. The summed E-state index contributed by atoms with van der Waals surface area (Å²) in [4.78, 5) is 26.1. The summed E-state index contributed by atoms with van der Waals surface area (Å²) >= 11 is 1.21. The third kappa shape index (κ3) is 6.13. The summed E-state index contributed by atoms with van der Waals surface area (Å²) < 4.78 is 5.66. The average Bonchev–Trinajstić information content (AvgIpc) is 3.42. The van der Waals surface area contributed by atoms with Crippen LogP contribution in [0.5, 0.6) is 0 Å². The van der Waals surface area contributed by atoms with Crippen LogP contribution in [0.2, 0.25) is 0 Å². The minimum absolute atomic E-state index is 0.0882. The number of benzene rings is 2. The maximum atomic E-state index is 13.4. The lowest BCUT2D eigenvalue weighted by molar-refractivity contribution is -0.114. The van der Waals surface area contributed by atoms with Crippen LogP contribution in [0, 0.1) is 18.3 Å². The third-order valence-electron chi connectivity index (χ3n) is 5.99. The van der Waals surface area contributed by atoms with Gasteiger partial charge in [0.1, 0.15) is 5.76 Å². The fraction of sp³-hybridized carbons (Fsp3) is 0.207. The number of amides is 2. The Bertz CT molecular complexity index is 1400. The van der Waals surface area contributed by atoms with E-state index in [-0.39, 0.29) is 17.6 Å². The molecule has 1 atom stereocenters. The maximum Gasteiger partial charge on any atom is 0.254 e. The van der Waals surface area contributed by atoms with Crippen molar-refractivity contribution in [1.82, 2.24) is 5.32 Å². The molecule has 188 valence electrons. The number of carbonyl (C=O) groups excluding carboxylic acids is 2. The van der Waals surface area contributed by atoms with Crippen LogP contribution in [0.3, 0.4) is 0 Å². The molecule has 2 aromatic carbocycles. The molecular formula is C29H28N4O3S. The van der Waals surface area contributed by atoms with E-state index >= 15 is 0 Å². The topological polar surface area (TPSA) is 107 Å². The van der Waals surface area contributed by atoms with Crippen molar-refractivity contribution in [2.24, 2.45) is 0 Å². The van der Waals surface area contributed by atoms with Crippen molar-refractivity contribution < 1.29 is 14.0 Å². The van der Waals surface area contributed by atoms with Gasteiger partial charge in [0.25, 0.3) is 5.91 Å². The Kier molecular flexibility index (Phi) is 8.16. The van der Waals surface area contributed by atoms with Crippen LogP contribution >= 0.6 is 11.8 Å². The molecule has 0 fully saturated rings. The Morgan fingerprint density at radius 2 is 1.84 bits per heavy atom. The molecule has 1 aliphatic rings. The molecular weight excluding hydrogens is 484 g/mol. The van der Waals surface area contributed by atoms with Gasteiger partial charge in [-0.1, -0.05) is 43.0 Å². The van der Waals surface area contributed by atoms with Crippen LogP contribution in [-0.2, 0) is 16.0 Å². The minimum atomic E-state index is -0.710. The zero-order chi connectivity index (χ0) is 26.4. The number of nitriles is 1. The highest BCUT2D eigenvalue weighted by Crippen LogP contribution is 2.41. The number of thioether (sulfide) groups is 1. The van der Waals surface area contributed by atoms with Gasteiger partial charge in [0.05, 0.1) is 40.2 Å². The number of rotatable bonds is 8. The number of hydrogen-bond acceptors (Lipinski definition) is 6. The fourth-order valence-electron chi connectivity index (χ4n) is 4.15. The van der Waals surface area contributed by atoms with Crippen molar-refractivity contribution in [3.63, 3.8) is 0 Å². The van der Waals surface area contributed by atoms with Gasteiger partial charge in [0, 0.05) is 17.1 Å². The first-order chi connectivity index (χ1) is 17.9. The zero-order valence-corrected chi connectivity index (χ0v) is 21.7. The second-order valence-corrected chi connectivity index (χ2v) is 9.66. The highest BCUT2D eigenvalue weighted by atomic mass is 32.2. The van der Waals surface area contributed by atoms with E-state index in [1.807, 2.05) is 55.5 Å². The first-order valence-corrected chi connectivity index (χ1v) is 12.9. The number of furan rings is 1. The summed E-state index contributed by atoms with van der Waals surface area (Å²) in [6.07, 6.45) is 2.42. The van der Waals surface area contributed by atoms with E-state index in [2.05, 4.69) is 28.9 Å². The number of aryl methyl sites for hydroxylation is 2. The highest BCUT2D eigenvalue weighted by Gasteiger charge is 2.36. The Morgan fingerprint density at radius 3 is 2.49 bits per heavy atom. The van der Waals surface area contributed by atoms with Crippen molar-refractivity contribution in [3.8, 4) is 6.07 Å². The van der Waals surface area contributed by atoms with Gasteiger partial charge in [-0.05, 0) is 67.8 Å². The molecule has 0 aliphatic carbocycles. The number of dihydropyridines is 1. The molecule has 0 radical (unpaired) electrons. The van der Waals surface area contributed by atoms with Crippen LogP contribution in [0.1, 0.15) is 36.7 Å². The van der Waals surface area contributed by atoms with Crippen LogP contribution in [-0.4, -0.2) is 17.6 Å². The van der Waals surface area contributed by atoms with E-state index in [0.29, 0.717) is 39.0 Å². The fourth-order valence-corrected chi connectivity index (χ4v) is 5.04. The second kappa shape index (κ2) is 11.7. The number of nitrogens with one attached hydrogen (secondary N) is 3. The number of allylic oxidation sites excluding steroid dienone is 2. The molecule has 7 nitrogen and oxygen atoms in total. The third-order valence-corrected chi connectivity index (χ3v) is 7.01. The molecule has 3 aromatic rings. The lowest BCUT2D eigenvalue weighted by atomic mass is 9.85. The molecule has 0 spiro atoms. The van der Waals surface area contributed by atoms with Gasteiger partial charge in [-0.25, -0.2) is 0 Å². The molecule has 0 unspecified atom stereocenters. The molecule has 1 aliphatic heterocycles. The Hall–Kier alpha value is -4.22. The number of carbonyl (C=O) groups is 2. The number of anilines is 2. The predicted octanol–water partition coefficient (Wildman–Crippen LogP) is 5.86. The highest BCUT2D eigenvalue weighted by molar-refractivity contribution is 8.03. The maximum absolute atomic E-state index is 13.4. The second-order valence-electron chi connectivity index (χ2n) is 8.68. The van der Waals surface area contributed by atoms with E-state index in [0.717, 1.165) is 12.0 Å². The summed E-state index contributed by atoms with van der Waals surface area (Å²) in [6, 6.07) is 20.9. The number of hydrogen-bond donors (Lipinski definition) is 3. The van der Waals surface area contributed by atoms with E-state index in [4.69, 9.17) is 4.42 Å². The zero-order valence-electron chi connectivity index (χ0n) is 20.9. The van der Waals surface area contributed by atoms with Crippen LogP contribution in [0.15, 0.2) is 93.2 Å². The predicted molar refractivity (Wildman–Crippen MR) is 147 cm³/mol. The van der Waals surface area contributed by atoms with Crippen molar-refractivity contribution in [1.29, 1.82) is 5.26 Å². The summed E-state index contributed by atoms with van der Waals surface area (Å²) in [5.74, 6) is -0.669. The lowest BCUT2D eigenvalue weighted by Gasteiger charge is -2.28. The molecule has 37 heavy (non-hydrogen) atoms. The molecule has 3 N–H and O–H groups in total. The average molecular weight is 513 g/mol. The van der Waals surface area contributed by atoms with Gasteiger partial charge in [-0.15, -0.1) is 0 Å². The van der Waals surface area contributed by atoms with Gasteiger partial charge in [-0.2, -0.15) is 5.26 Å². The Balaban J connectivity index is 1.57. The molecule has 0 saturated heterocycles. The van der Waals surface area contributed by atoms with Crippen molar-refractivity contribution in [3.05, 3.63) is 106 Å². The first-order valence-electron chi connectivity index (χ1n) is 11.9. The summed E-state index contributed by atoms with van der Waals surface area (Å²) in [6.45, 7) is 5.81. The van der Waals surface area contributed by atoms with Crippen molar-refractivity contribution in [2.45, 2.75) is 33.1 Å². The van der Waals surface area contributed by atoms with Crippen molar-refractivity contribution in [2.75, 3.05) is 16.4 Å². The van der Waals surface area contributed by atoms with Crippen molar-refractivity contribution >= 4 is 35.0 Å². The molecule has 8 heteroatoms. The van der Waals surface area contributed by atoms with Gasteiger partial charge < -0.3 is 20.4 Å². The molecule has 0 bridgehead atoms. The van der Waals surface area contributed by atoms with E-state index < -0.39 is 5.92 Å². The minimum Gasteiger partial charge on any atom is -0.468 e. The lowest BCUT2D eigenvalue weighted by Crippen LogP contribution is -2.31. The number of nitrogens with zero attached hydrogens (tertiary/aromatic N) is 1. The monoisotopic (exact) mass is 512 g/mol. The Labute approximate surface area is 220 Å². The first kappa shape index (κ1) is 25.9. The molecule has 0 saturated carbocycles. The smallest absolute Gasteiger partial charge is 0.254 e. The van der Waals surface area contributed by atoms with Crippen LogP contribution in [0.25, 0.3) is 0 Å². The Morgan fingerprint density at radius 1 is 1.05 bits per heavy atom. The summed E-state index contributed by atoms with van der Waals surface area (Å²) in [5, 5.41) is 19.7. The van der Waals surface area contributed by atoms with Gasteiger partial charge in [-0.3, -0.25) is 9.59 Å². The molecule has 1 aromatic heterocycles. The van der Waals surface area contributed by atoms with Crippen LogP contribution in [0.4, 0.5) is 11.4 Å². The van der Waals surface area contributed by atoms with E-state index in [9.17, 15) is 14.9 Å². The SMILES string of the molecule is CCc1ccc(NC(=O)C2=C(C)NC(SCC(=O)Nc3cccc(C)c3)=C(C#N)[C@H]2c2ccco2)cc1. The van der Waals surface area contributed by atoms with Gasteiger partial charge in [0.15, 0.2) is 0 Å². The summed E-state index contributed by atoms with van der Waals surface area (Å²) in [7, 11) is 0. The van der Waals surface area contributed by atoms with Crippen LogP contribution < -0.4 is 16.0 Å². The molecule has 2 amide bonds. The molecule has 4 rings (SSSR count).